The second kappa shape index (κ2) is 8.11. The highest BCUT2D eigenvalue weighted by Crippen LogP contribution is 2.23. The van der Waals surface area contributed by atoms with Gasteiger partial charge in [-0.1, -0.05) is 30.3 Å². The van der Waals surface area contributed by atoms with Crippen molar-refractivity contribution in [2.45, 2.75) is 26.9 Å². The summed E-state index contributed by atoms with van der Waals surface area (Å²) < 4.78 is 5.67. The van der Waals surface area contributed by atoms with Crippen molar-refractivity contribution >= 4 is 17.5 Å². The lowest BCUT2D eigenvalue weighted by Crippen LogP contribution is -2.47. The Hall–Kier alpha value is -3.42. The van der Waals surface area contributed by atoms with Crippen LogP contribution in [-0.2, 0) is 4.79 Å². The first-order valence-corrected chi connectivity index (χ1v) is 7.87. The maximum Gasteiger partial charge on any atom is 0.282 e. The van der Waals surface area contributed by atoms with Crippen molar-refractivity contribution in [2.24, 2.45) is 0 Å². The molecule has 0 aliphatic carbocycles. The molecule has 2 N–H and O–H groups in total. The molecule has 2 aromatic carbocycles. The average Bonchev–Trinajstić information content (AvgIpc) is 2.62. The van der Waals surface area contributed by atoms with E-state index < -0.39 is 22.8 Å². The van der Waals surface area contributed by atoms with E-state index in [2.05, 4.69) is 10.9 Å². The zero-order valence-corrected chi connectivity index (χ0v) is 14.6. The van der Waals surface area contributed by atoms with Gasteiger partial charge in [0.1, 0.15) is 11.3 Å². The van der Waals surface area contributed by atoms with Gasteiger partial charge in [0.15, 0.2) is 6.10 Å². The van der Waals surface area contributed by atoms with Gasteiger partial charge in [-0.15, -0.1) is 0 Å². The molecule has 2 rings (SSSR count). The van der Waals surface area contributed by atoms with Crippen molar-refractivity contribution in [2.75, 3.05) is 0 Å². The third kappa shape index (κ3) is 4.35. The monoisotopic (exact) mass is 357 g/mol. The van der Waals surface area contributed by atoms with E-state index >= 15 is 0 Å². The summed E-state index contributed by atoms with van der Waals surface area (Å²) in [6.07, 6.45) is -0.874. The number of ether oxygens (including phenoxy) is 1. The number of nitro groups is 1. The lowest BCUT2D eigenvalue weighted by molar-refractivity contribution is -0.385. The van der Waals surface area contributed by atoms with Crippen molar-refractivity contribution in [3.8, 4) is 5.75 Å². The summed E-state index contributed by atoms with van der Waals surface area (Å²) in [5, 5.41) is 11.0. The van der Waals surface area contributed by atoms with Gasteiger partial charge < -0.3 is 4.74 Å². The number of hydrogen-bond acceptors (Lipinski definition) is 5. The zero-order chi connectivity index (χ0) is 19.3. The van der Waals surface area contributed by atoms with Crippen LogP contribution in [0.5, 0.6) is 5.75 Å². The fourth-order valence-electron chi connectivity index (χ4n) is 2.33. The fourth-order valence-corrected chi connectivity index (χ4v) is 2.33. The number of nitrogens with one attached hydrogen (secondary N) is 2. The topological polar surface area (TPSA) is 111 Å². The van der Waals surface area contributed by atoms with E-state index in [9.17, 15) is 19.7 Å². The minimum atomic E-state index is -0.874. The molecular formula is C18H19N3O5. The molecule has 2 aromatic rings. The number of aryl methyl sites for hydroxylation is 2. The summed E-state index contributed by atoms with van der Waals surface area (Å²) in [7, 11) is 0. The van der Waals surface area contributed by atoms with E-state index in [0.29, 0.717) is 5.75 Å². The average molecular weight is 357 g/mol. The molecule has 0 heterocycles. The van der Waals surface area contributed by atoms with Crippen LogP contribution in [0.2, 0.25) is 0 Å². The van der Waals surface area contributed by atoms with E-state index in [4.69, 9.17) is 4.74 Å². The van der Waals surface area contributed by atoms with Crippen LogP contribution in [0.3, 0.4) is 0 Å². The predicted molar refractivity (Wildman–Crippen MR) is 94.7 cm³/mol. The molecule has 26 heavy (non-hydrogen) atoms. The van der Waals surface area contributed by atoms with Gasteiger partial charge in [-0.2, -0.15) is 0 Å². The number of benzene rings is 2. The van der Waals surface area contributed by atoms with Gasteiger partial charge in [-0.05, 0) is 38.0 Å². The number of nitrogens with zero attached hydrogens (tertiary/aromatic N) is 1. The van der Waals surface area contributed by atoms with E-state index in [1.54, 1.807) is 6.92 Å². The molecule has 0 spiro atoms. The van der Waals surface area contributed by atoms with Crippen LogP contribution in [0.15, 0.2) is 42.5 Å². The Labute approximate surface area is 150 Å². The van der Waals surface area contributed by atoms with Crippen molar-refractivity contribution in [1.82, 2.24) is 10.9 Å². The lowest BCUT2D eigenvalue weighted by atomic mass is 10.1. The molecule has 0 radical (unpaired) electrons. The second-order valence-electron chi connectivity index (χ2n) is 5.70. The maximum atomic E-state index is 12.1. The molecule has 0 aliphatic heterocycles. The molecule has 0 saturated heterocycles. The molecule has 2 amide bonds. The molecule has 136 valence electrons. The normalized spacial score (nSPS) is 11.3. The number of hydrogen-bond donors (Lipinski definition) is 2. The second-order valence-corrected chi connectivity index (χ2v) is 5.70. The highest BCUT2D eigenvalue weighted by Gasteiger charge is 2.21. The van der Waals surface area contributed by atoms with Crippen LogP contribution < -0.4 is 15.6 Å². The highest BCUT2D eigenvalue weighted by atomic mass is 16.6. The molecule has 1 unspecified atom stereocenters. The summed E-state index contributed by atoms with van der Waals surface area (Å²) in [4.78, 5) is 34.5. The van der Waals surface area contributed by atoms with Crippen molar-refractivity contribution < 1.29 is 19.2 Å². The van der Waals surface area contributed by atoms with Crippen LogP contribution in [0.1, 0.15) is 28.4 Å². The minimum Gasteiger partial charge on any atom is -0.480 e. The maximum absolute atomic E-state index is 12.1. The summed E-state index contributed by atoms with van der Waals surface area (Å²) in [5.74, 6) is -0.773. The third-order valence-corrected chi connectivity index (χ3v) is 3.72. The number of rotatable bonds is 5. The highest BCUT2D eigenvalue weighted by molar-refractivity contribution is 5.99. The first kappa shape index (κ1) is 18.9. The smallest absolute Gasteiger partial charge is 0.282 e. The van der Waals surface area contributed by atoms with E-state index in [1.807, 2.05) is 32.0 Å². The van der Waals surface area contributed by atoms with Crippen molar-refractivity contribution in [1.29, 1.82) is 0 Å². The van der Waals surface area contributed by atoms with Gasteiger partial charge in [0.25, 0.3) is 17.5 Å². The number of carbonyl (C=O) groups is 2. The number of amides is 2. The molecular weight excluding hydrogens is 338 g/mol. The molecule has 1 atom stereocenters. The number of carbonyl (C=O) groups excluding carboxylic acids is 2. The van der Waals surface area contributed by atoms with Crippen molar-refractivity contribution in [3.05, 3.63) is 69.3 Å². The van der Waals surface area contributed by atoms with Gasteiger partial charge in [0, 0.05) is 6.07 Å². The Morgan fingerprint density at radius 1 is 1.04 bits per heavy atom. The molecule has 0 saturated carbocycles. The van der Waals surface area contributed by atoms with E-state index in [0.717, 1.165) is 11.1 Å². The molecule has 0 fully saturated rings. The predicted octanol–water partition coefficient (Wildman–Crippen LogP) is 2.44. The summed E-state index contributed by atoms with van der Waals surface area (Å²) in [5.41, 5.74) is 5.65. The fraction of sp³-hybridized carbons (Fsp3) is 0.222. The molecule has 0 bridgehead atoms. The molecule has 0 aromatic heterocycles. The SMILES string of the molecule is Cc1cccc(C)c1OC(C)C(=O)NNC(=O)c1ccccc1[N+](=O)[O-]. The van der Waals surface area contributed by atoms with Crippen LogP contribution in [0.25, 0.3) is 0 Å². The Bertz CT molecular complexity index is 830. The Morgan fingerprint density at radius 2 is 1.65 bits per heavy atom. The van der Waals surface area contributed by atoms with Crippen LogP contribution in [-0.4, -0.2) is 22.8 Å². The van der Waals surface area contributed by atoms with Crippen LogP contribution in [0, 0.1) is 24.0 Å². The van der Waals surface area contributed by atoms with Gasteiger partial charge in [0.05, 0.1) is 4.92 Å². The van der Waals surface area contributed by atoms with Crippen LogP contribution >= 0.6 is 0 Å². The van der Waals surface area contributed by atoms with Gasteiger partial charge in [-0.3, -0.25) is 30.6 Å². The largest absolute Gasteiger partial charge is 0.480 e. The van der Waals surface area contributed by atoms with Gasteiger partial charge in [0.2, 0.25) is 0 Å². The Balaban J connectivity index is 2.00. The number of hydrazine groups is 1. The standard InChI is InChI=1S/C18H19N3O5/c1-11-7-6-8-12(2)16(11)26-13(3)17(22)19-20-18(23)14-9-4-5-10-15(14)21(24)25/h4-10,13H,1-3H3,(H,19,22)(H,20,23). The number of para-hydroxylation sites is 2. The third-order valence-electron chi connectivity index (χ3n) is 3.72. The van der Waals surface area contributed by atoms with E-state index in [-0.39, 0.29) is 11.3 Å². The van der Waals surface area contributed by atoms with Gasteiger partial charge >= 0.3 is 0 Å². The van der Waals surface area contributed by atoms with Crippen molar-refractivity contribution in [3.63, 3.8) is 0 Å². The zero-order valence-electron chi connectivity index (χ0n) is 14.6. The van der Waals surface area contributed by atoms with Crippen LogP contribution in [0.4, 0.5) is 5.69 Å². The lowest BCUT2D eigenvalue weighted by Gasteiger charge is -2.18. The quantitative estimate of drug-likeness (QED) is 0.631. The number of nitro benzene ring substituents is 1. The molecule has 8 nitrogen and oxygen atoms in total. The Morgan fingerprint density at radius 3 is 2.27 bits per heavy atom. The minimum absolute atomic E-state index is 0.152. The summed E-state index contributed by atoms with van der Waals surface area (Å²) in [6.45, 7) is 5.27. The molecule has 0 aliphatic rings. The summed E-state index contributed by atoms with van der Waals surface area (Å²) in [6, 6.07) is 11.1. The van der Waals surface area contributed by atoms with E-state index in [1.165, 1.54) is 24.3 Å². The first-order valence-electron chi connectivity index (χ1n) is 7.87. The van der Waals surface area contributed by atoms with Gasteiger partial charge in [-0.25, -0.2) is 0 Å². The summed E-state index contributed by atoms with van der Waals surface area (Å²) >= 11 is 0. The Kier molecular flexibility index (Phi) is 5.90. The molecule has 8 heteroatoms. The first-order chi connectivity index (χ1) is 12.3.